The van der Waals surface area contributed by atoms with Crippen molar-refractivity contribution in [3.05, 3.63) is 47.5 Å². The van der Waals surface area contributed by atoms with E-state index in [9.17, 15) is 19.5 Å². The first-order chi connectivity index (χ1) is 21.7. The molecule has 238 valence electrons. The van der Waals surface area contributed by atoms with Gasteiger partial charge in [0.2, 0.25) is 11.8 Å². The van der Waals surface area contributed by atoms with E-state index in [0.29, 0.717) is 35.6 Å². The summed E-state index contributed by atoms with van der Waals surface area (Å²) in [4.78, 5) is 50.8. The van der Waals surface area contributed by atoms with Crippen LogP contribution in [0.25, 0.3) is 21.6 Å². The number of carbonyl (C=O) groups is 3. The quantitative estimate of drug-likeness (QED) is 0.331. The number of aromatic nitrogens is 2. The molecule has 1 aromatic carbocycles. The van der Waals surface area contributed by atoms with Gasteiger partial charge >= 0.3 is 5.97 Å². The summed E-state index contributed by atoms with van der Waals surface area (Å²) in [6.45, 7) is 4.42. The Morgan fingerprint density at radius 2 is 1.98 bits per heavy atom. The van der Waals surface area contributed by atoms with Gasteiger partial charge in [-0.25, -0.2) is 14.8 Å². The highest BCUT2D eigenvalue weighted by atomic mass is 32.1. The topological polar surface area (TPSA) is 131 Å². The van der Waals surface area contributed by atoms with Gasteiger partial charge in [0, 0.05) is 41.7 Å². The van der Waals surface area contributed by atoms with Crippen LogP contribution in [0, 0.1) is 5.92 Å². The molecule has 10 nitrogen and oxygen atoms in total. The van der Waals surface area contributed by atoms with Gasteiger partial charge in [0.15, 0.2) is 0 Å². The zero-order valence-electron chi connectivity index (χ0n) is 26.0. The number of benzene rings is 1. The number of thiazole rings is 1. The van der Waals surface area contributed by atoms with Gasteiger partial charge in [-0.1, -0.05) is 38.8 Å². The van der Waals surface area contributed by atoms with E-state index >= 15 is 0 Å². The number of nitrogens with one attached hydrogen (secondary N) is 1. The number of pyridine rings is 1. The molecule has 3 aliphatic rings. The lowest BCUT2D eigenvalue weighted by atomic mass is 10.1. The maximum Gasteiger partial charge on any atom is 0.330 e. The molecule has 4 heterocycles. The summed E-state index contributed by atoms with van der Waals surface area (Å²) < 4.78 is 12.1. The molecular weight excluding hydrogens is 592 g/mol. The first-order valence-electron chi connectivity index (χ1n) is 15.8. The van der Waals surface area contributed by atoms with Crippen LogP contribution < -0.4 is 14.8 Å². The molecule has 0 bridgehead atoms. The zero-order valence-corrected chi connectivity index (χ0v) is 26.8. The van der Waals surface area contributed by atoms with E-state index in [1.807, 2.05) is 41.8 Å². The number of nitrogens with zero attached hydrogens (tertiary/aromatic N) is 3. The van der Waals surface area contributed by atoms with Crippen LogP contribution >= 0.6 is 11.3 Å². The van der Waals surface area contributed by atoms with Gasteiger partial charge in [-0.05, 0) is 43.7 Å². The molecule has 2 fully saturated rings. The second kappa shape index (κ2) is 12.8. The fraction of sp³-hybridized carbons (Fsp3) is 0.500. The normalized spacial score (nSPS) is 26.4. The number of methoxy groups -OCH3 is 1. The van der Waals surface area contributed by atoms with Gasteiger partial charge in [-0.2, -0.15) is 0 Å². The number of amides is 2. The SMILES string of the molecule is COc1ccc2c(OC3CC4C(=O)NC5(C(=O)O)CC5/C=C/CCCCCCC(=O)N4C3)cc(-c3nc(C(C)C)cs3)nc2c1. The molecule has 2 aromatic heterocycles. The van der Waals surface area contributed by atoms with Crippen LogP contribution in [0.4, 0.5) is 0 Å². The maximum absolute atomic E-state index is 13.7. The van der Waals surface area contributed by atoms with Gasteiger partial charge in [0.05, 0.1) is 24.9 Å². The largest absolute Gasteiger partial charge is 0.497 e. The Labute approximate surface area is 266 Å². The van der Waals surface area contributed by atoms with E-state index in [0.717, 1.165) is 48.2 Å². The predicted octanol–water partition coefficient (Wildman–Crippen LogP) is 5.71. The minimum Gasteiger partial charge on any atom is -0.497 e. The second-order valence-corrected chi connectivity index (χ2v) is 13.5. The van der Waals surface area contributed by atoms with Crippen LogP contribution in [0.2, 0.25) is 0 Å². The van der Waals surface area contributed by atoms with E-state index in [4.69, 9.17) is 19.4 Å². The summed E-state index contributed by atoms with van der Waals surface area (Å²) in [5, 5.41) is 16.5. The molecule has 2 N–H and O–H groups in total. The van der Waals surface area contributed by atoms with E-state index < -0.39 is 29.6 Å². The highest BCUT2D eigenvalue weighted by Gasteiger charge is 2.61. The van der Waals surface area contributed by atoms with Crippen LogP contribution in [-0.4, -0.2) is 69.1 Å². The summed E-state index contributed by atoms with van der Waals surface area (Å²) >= 11 is 1.52. The van der Waals surface area contributed by atoms with Crippen molar-refractivity contribution in [2.75, 3.05) is 13.7 Å². The first-order valence-corrected chi connectivity index (χ1v) is 16.7. The number of carboxylic acid groups (broad SMARTS) is 1. The third-order valence-electron chi connectivity index (χ3n) is 9.11. The van der Waals surface area contributed by atoms with Crippen molar-refractivity contribution in [3.8, 4) is 22.2 Å². The molecule has 0 spiro atoms. The van der Waals surface area contributed by atoms with Crippen molar-refractivity contribution < 1.29 is 29.0 Å². The molecule has 2 amide bonds. The molecule has 4 unspecified atom stereocenters. The van der Waals surface area contributed by atoms with Gasteiger partial charge in [0.1, 0.15) is 39.9 Å². The van der Waals surface area contributed by atoms with E-state index in [1.165, 1.54) is 11.3 Å². The Morgan fingerprint density at radius 1 is 1.16 bits per heavy atom. The lowest BCUT2D eigenvalue weighted by Gasteiger charge is -2.25. The van der Waals surface area contributed by atoms with Crippen LogP contribution in [0.5, 0.6) is 11.5 Å². The third kappa shape index (κ3) is 6.40. The zero-order chi connectivity index (χ0) is 31.7. The van der Waals surface area contributed by atoms with Crippen molar-refractivity contribution >= 4 is 40.0 Å². The van der Waals surface area contributed by atoms with Gasteiger partial charge < -0.3 is 24.8 Å². The van der Waals surface area contributed by atoms with Crippen LogP contribution in [0.3, 0.4) is 0 Å². The fourth-order valence-electron chi connectivity index (χ4n) is 6.33. The molecule has 1 saturated carbocycles. The molecule has 1 saturated heterocycles. The number of carboxylic acids is 1. The number of fused-ring (bicyclic) bond motifs is 3. The van der Waals surface area contributed by atoms with Crippen molar-refractivity contribution in [3.63, 3.8) is 0 Å². The molecule has 2 aliphatic heterocycles. The van der Waals surface area contributed by atoms with Gasteiger partial charge in [-0.3, -0.25) is 9.59 Å². The summed E-state index contributed by atoms with van der Waals surface area (Å²) in [6.07, 6.45) is 8.91. The predicted molar refractivity (Wildman–Crippen MR) is 171 cm³/mol. The molecule has 1 aliphatic carbocycles. The molecule has 11 heteroatoms. The Morgan fingerprint density at radius 3 is 2.73 bits per heavy atom. The van der Waals surface area contributed by atoms with E-state index in [-0.39, 0.29) is 30.7 Å². The molecule has 45 heavy (non-hydrogen) atoms. The molecule has 4 atom stereocenters. The van der Waals surface area contributed by atoms with E-state index in [2.05, 4.69) is 19.2 Å². The lowest BCUT2D eigenvalue weighted by molar-refractivity contribution is -0.145. The van der Waals surface area contributed by atoms with Crippen LogP contribution in [-0.2, 0) is 14.4 Å². The molecular formula is C34H40N4O6S. The minimum absolute atomic E-state index is 0.111. The van der Waals surface area contributed by atoms with Crippen LogP contribution in [0.1, 0.15) is 76.8 Å². The van der Waals surface area contributed by atoms with Crippen LogP contribution in [0.15, 0.2) is 41.8 Å². The van der Waals surface area contributed by atoms with Crippen molar-refractivity contribution in [2.45, 2.75) is 88.8 Å². The summed E-state index contributed by atoms with van der Waals surface area (Å²) in [6, 6.07) is 6.64. The standard InChI is InChI=1S/C34H40N4O6S/c1-20(2)27-19-45-32(36-27)26-16-29(24-13-12-22(43-3)14-25(24)35-26)44-23-15-28-31(40)37-34(33(41)42)17-21(34)10-8-6-4-5-7-9-11-30(39)38(28)18-23/h8,10,12-14,16,19-21,23,28H,4-7,9,11,15,17-18H2,1-3H3,(H,37,40)(H,41,42)/b10-8+. The van der Waals surface area contributed by atoms with E-state index in [1.54, 1.807) is 12.0 Å². The molecule has 6 rings (SSSR count). The van der Waals surface area contributed by atoms with Crippen molar-refractivity contribution in [2.24, 2.45) is 5.92 Å². The highest BCUT2D eigenvalue weighted by Crippen LogP contribution is 2.45. The number of aliphatic carboxylic acids is 1. The summed E-state index contributed by atoms with van der Waals surface area (Å²) in [7, 11) is 1.61. The maximum atomic E-state index is 13.7. The Bertz CT molecular complexity index is 1640. The van der Waals surface area contributed by atoms with Crippen molar-refractivity contribution in [1.82, 2.24) is 20.2 Å². The smallest absolute Gasteiger partial charge is 0.330 e. The number of carbonyl (C=O) groups excluding carboxylic acids is 2. The minimum atomic E-state index is -1.33. The lowest BCUT2D eigenvalue weighted by Crippen LogP contribution is -2.53. The number of allylic oxidation sites excluding steroid dienone is 1. The van der Waals surface area contributed by atoms with Gasteiger partial charge in [-0.15, -0.1) is 11.3 Å². The molecule has 0 radical (unpaired) electrons. The monoisotopic (exact) mass is 632 g/mol. The number of rotatable bonds is 6. The Balaban J connectivity index is 1.30. The second-order valence-electron chi connectivity index (χ2n) is 12.6. The molecule has 3 aromatic rings. The average molecular weight is 633 g/mol. The fourth-order valence-corrected chi connectivity index (χ4v) is 7.27. The average Bonchev–Trinajstić information content (AvgIpc) is 3.33. The summed E-state index contributed by atoms with van der Waals surface area (Å²) in [5.74, 6) is -0.350. The Kier molecular flexibility index (Phi) is 8.81. The first kappa shape index (κ1) is 31.0. The third-order valence-corrected chi connectivity index (χ3v) is 10.00. The number of ether oxygens (including phenoxy) is 2. The highest BCUT2D eigenvalue weighted by molar-refractivity contribution is 7.13. The number of hydrogen-bond donors (Lipinski definition) is 2. The summed E-state index contributed by atoms with van der Waals surface area (Å²) in [5.41, 5.74) is 1.00. The van der Waals surface area contributed by atoms with Crippen molar-refractivity contribution in [1.29, 1.82) is 0 Å². The van der Waals surface area contributed by atoms with Gasteiger partial charge in [0.25, 0.3) is 0 Å². The Hall–Kier alpha value is -3.99. The number of hydrogen-bond acceptors (Lipinski definition) is 8.